The van der Waals surface area contributed by atoms with Crippen LogP contribution in [0.25, 0.3) is 22.3 Å². The second kappa shape index (κ2) is 14.2. The van der Waals surface area contributed by atoms with Crippen LogP contribution in [0.1, 0.15) is 49.1 Å². The van der Waals surface area contributed by atoms with Crippen molar-refractivity contribution in [2.24, 2.45) is 0 Å². The number of Topliss-reactive ketones (excluding diaryl/α,β-unsaturated/α-hetero) is 1. The van der Waals surface area contributed by atoms with Gasteiger partial charge in [0, 0.05) is 5.56 Å². The van der Waals surface area contributed by atoms with Crippen molar-refractivity contribution in [2.75, 3.05) is 0 Å². The van der Waals surface area contributed by atoms with Crippen LogP contribution in [-0.4, -0.2) is 39.9 Å². The number of hydrogen-bond donors (Lipinski definition) is 2. The van der Waals surface area contributed by atoms with Gasteiger partial charge in [0.25, 0.3) is 0 Å². The number of carbonyl (C=O) groups excluding carboxylic acids is 3. The van der Waals surface area contributed by atoms with E-state index in [1.165, 1.54) is 19.1 Å². The maximum atomic E-state index is 12.8. The number of ether oxygens (including phenoxy) is 2. The van der Waals surface area contributed by atoms with Crippen LogP contribution in [0.2, 0.25) is 0 Å². The maximum Gasteiger partial charge on any atom is 0.343 e. The molecular weight excluding hydrogens is 600 g/mol. The minimum Gasteiger partial charge on any atom is -0.481 e. The van der Waals surface area contributed by atoms with E-state index >= 15 is 0 Å². The number of carboxylic acids is 2. The summed E-state index contributed by atoms with van der Waals surface area (Å²) in [6, 6.07) is 31.6. The molecule has 0 fully saturated rings. The highest BCUT2D eigenvalue weighted by atomic mass is 16.5. The minimum atomic E-state index is -1.06. The first-order valence-corrected chi connectivity index (χ1v) is 14.5. The zero-order valence-corrected chi connectivity index (χ0v) is 25.1. The fraction of sp³-hybridized carbons (Fsp3) is 0.0789. The Morgan fingerprint density at radius 1 is 0.511 bits per heavy atom. The van der Waals surface area contributed by atoms with Gasteiger partial charge in [0.15, 0.2) is 5.78 Å². The van der Waals surface area contributed by atoms with Gasteiger partial charge in [0.05, 0.1) is 24.0 Å². The molecule has 5 rings (SSSR count). The van der Waals surface area contributed by atoms with Crippen molar-refractivity contribution >= 4 is 29.7 Å². The lowest BCUT2D eigenvalue weighted by molar-refractivity contribution is -0.137. The molecule has 0 amide bonds. The highest BCUT2D eigenvalue weighted by Gasteiger charge is 2.17. The number of aliphatic carboxylic acids is 2. The number of esters is 2. The zero-order chi connectivity index (χ0) is 33.5. The van der Waals surface area contributed by atoms with Crippen LogP contribution in [0, 0.1) is 0 Å². The lowest BCUT2D eigenvalue weighted by Gasteiger charge is -2.12. The Bertz CT molecular complexity index is 1860. The SMILES string of the molecule is CC(=O)c1cc(-c2ccc(OC(=O)c3ccccc3CC(=O)O)cc2)cc(-c2ccc(OC(=O)c3ccccc3CC(=O)O)cc2)c1. The predicted octanol–water partition coefficient (Wildman–Crippen LogP) is 6.92. The third-order valence-corrected chi connectivity index (χ3v) is 7.29. The smallest absolute Gasteiger partial charge is 0.343 e. The molecule has 0 saturated heterocycles. The second-order valence-corrected chi connectivity index (χ2v) is 10.6. The van der Waals surface area contributed by atoms with E-state index in [1.807, 2.05) is 6.07 Å². The third-order valence-electron chi connectivity index (χ3n) is 7.29. The summed E-state index contributed by atoms with van der Waals surface area (Å²) >= 11 is 0. The Balaban J connectivity index is 1.34. The average Bonchev–Trinajstić information content (AvgIpc) is 3.05. The summed E-state index contributed by atoms with van der Waals surface area (Å²) in [5.41, 5.74) is 4.50. The quantitative estimate of drug-likeness (QED) is 0.0905. The number of hydrogen-bond acceptors (Lipinski definition) is 7. The summed E-state index contributed by atoms with van der Waals surface area (Å²) in [7, 11) is 0. The molecule has 5 aromatic rings. The molecule has 0 heterocycles. The van der Waals surface area contributed by atoms with Gasteiger partial charge in [0.1, 0.15) is 11.5 Å². The Kier molecular flexibility index (Phi) is 9.67. The normalized spacial score (nSPS) is 10.6. The van der Waals surface area contributed by atoms with Crippen LogP contribution in [0.15, 0.2) is 115 Å². The van der Waals surface area contributed by atoms with Gasteiger partial charge in [-0.1, -0.05) is 60.7 Å². The number of rotatable bonds is 11. The molecule has 47 heavy (non-hydrogen) atoms. The molecule has 0 radical (unpaired) electrons. The predicted molar refractivity (Wildman–Crippen MR) is 173 cm³/mol. The second-order valence-electron chi connectivity index (χ2n) is 10.6. The lowest BCUT2D eigenvalue weighted by Crippen LogP contribution is -2.13. The van der Waals surface area contributed by atoms with Gasteiger partial charge in [-0.2, -0.15) is 0 Å². The van der Waals surface area contributed by atoms with Crippen LogP contribution >= 0.6 is 0 Å². The van der Waals surface area contributed by atoms with E-state index in [1.54, 1.807) is 97.1 Å². The molecule has 0 aliphatic rings. The zero-order valence-electron chi connectivity index (χ0n) is 25.1. The van der Waals surface area contributed by atoms with E-state index in [0.717, 1.165) is 22.3 Å². The van der Waals surface area contributed by atoms with Gasteiger partial charge in [-0.05, 0) is 94.9 Å². The van der Waals surface area contributed by atoms with Crippen LogP contribution in [-0.2, 0) is 22.4 Å². The molecule has 0 spiro atoms. The molecular formula is C38H28O9. The molecule has 0 aliphatic carbocycles. The van der Waals surface area contributed by atoms with Crippen LogP contribution < -0.4 is 9.47 Å². The largest absolute Gasteiger partial charge is 0.481 e. The number of carbonyl (C=O) groups is 5. The van der Waals surface area contributed by atoms with Gasteiger partial charge in [-0.3, -0.25) is 14.4 Å². The van der Waals surface area contributed by atoms with Crippen LogP contribution in [0.5, 0.6) is 11.5 Å². The van der Waals surface area contributed by atoms with Crippen molar-refractivity contribution in [2.45, 2.75) is 19.8 Å². The molecule has 9 heteroatoms. The van der Waals surface area contributed by atoms with Crippen molar-refractivity contribution in [3.8, 4) is 33.8 Å². The summed E-state index contributed by atoms with van der Waals surface area (Å²) in [5, 5.41) is 18.3. The topological polar surface area (TPSA) is 144 Å². The molecule has 0 unspecified atom stereocenters. The Labute approximate surface area is 269 Å². The molecule has 5 aromatic carbocycles. The van der Waals surface area contributed by atoms with Gasteiger partial charge in [0.2, 0.25) is 0 Å². The van der Waals surface area contributed by atoms with Gasteiger partial charge in [-0.25, -0.2) is 9.59 Å². The summed E-state index contributed by atoms with van der Waals surface area (Å²) in [6.07, 6.45) is -0.619. The molecule has 2 N–H and O–H groups in total. The highest BCUT2D eigenvalue weighted by molar-refractivity contribution is 5.97. The summed E-state index contributed by atoms with van der Waals surface area (Å²) in [4.78, 5) is 60.4. The highest BCUT2D eigenvalue weighted by Crippen LogP contribution is 2.31. The molecule has 0 atom stereocenters. The fourth-order valence-electron chi connectivity index (χ4n) is 4.99. The maximum absolute atomic E-state index is 12.8. The first-order chi connectivity index (χ1) is 22.6. The van der Waals surface area contributed by atoms with E-state index in [0.29, 0.717) is 16.7 Å². The summed E-state index contributed by atoms with van der Waals surface area (Å²) in [5.74, 6) is -3.06. The van der Waals surface area contributed by atoms with Gasteiger partial charge < -0.3 is 19.7 Å². The van der Waals surface area contributed by atoms with Crippen LogP contribution in [0.3, 0.4) is 0 Å². The van der Waals surface area contributed by atoms with Gasteiger partial charge >= 0.3 is 23.9 Å². The first kappa shape index (κ1) is 32.1. The van der Waals surface area contributed by atoms with Crippen LogP contribution in [0.4, 0.5) is 0 Å². The summed E-state index contributed by atoms with van der Waals surface area (Å²) in [6.45, 7) is 1.47. The Morgan fingerprint density at radius 2 is 0.894 bits per heavy atom. The fourth-order valence-corrected chi connectivity index (χ4v) is 4.99. The van der Waals surface area contributed by atoms with E-state index in [-0.39, 0.29) is 41.3 Å². The number of ketones is 1. The summed E-state index contributed by atoms with van der Waals surface area (Å²) < 4.78 is 11.0. The minimum absolute atomic E-state index is 0.135. The third kappa shape index (κ3) is 8.03. The molecule has 0 aliphatic heterocycles. The molecule has 234 valence electrons. The van der Waals surface area contributed by atoms with Gasteiger partial charge in [-0.15, -0.1) is 0 Å². The average molecular weight is 629 g/mol. The molecule has 0 aromatic heterocycles. The lowest BCUT2D eigenvalue weighted by atomic mass is 9.95. The standard InChI is InChI=1S/C38H28O9/c1-23(39)28-18-29(24-10-14-31(15-11-24)46-37(44)33-8-4-2-6-26(33)21-35(40)41)20-30(19-28)25-12-16-32(17-13-25)47-38(45)34-9-5-3-7-27(34)22-36(42)43/h2-20H,21-22H2,1H3,(H,40,41)(H,42,43). The molecule has 0 saturated carbocycles. The van der Waals surface area contributed by atoms with E-state index in [4.69, 9.17) is 19.7 Å². The van der Waals surface area contributed by atoms with Crippen molar-refractivity contribution in [3.05, 3.63) is 143 Å². The van der Waals surface area contributed by atoms with E-state index in [9.17, 15) is 24.0 Å². The number of benzene rings is 5. The van der Waals surface area contributed by atoms with Crippen molar-refractivity contribution < 1.29 is 43.7 Å². The Morgan fingerprint density at radius 3 is 1.26 bits per heavy atom. The van der Waals surface area contributed by atoms with E-state index in [2.05, 4.69) is 0 Å². The molecule has 9 nitrogen and oxygen atoms in total. The Hall–Kier alpha value is -6.35. The van der Waals surface area contributed by atoms with E-state index < -0.39 is 23.9 Å². The van der Waals surface area contributed by atoms with Crippen molar-refractivity contribution in [1.29, 1.82) is 0 Å². The number of carboxylic acid groups (broad SMARTS) is 2. The van der Waals surface area contributed by atoms with Crippen molar-refractivity contribution in [1.82, 2.24) is 0 Å². The monoisotopic (exact) mass is 628 g/mol. The van der Waals surface area contributed by atoms with Crippen molar-refractivity contribution in [3.63, 3.8) is 0 Å². The first-order valence-electron chi connectivity index (χ1n) is 14.5. The molecule has 0 bridgehead atoms.